The molecule has 1 heterocycles. The smallest absolute Gasteiger partial charge is 0.248 e. The van der Waals surface area contributed by atoms with Gasteiger partial charge in [0.15, 0.2) is 11.0 Å². The first-order chi connectivity index (χ1) is 12.6. The van der Waals surface area contributed by atoms with Crippen molar-refractivity contribution in [2.45, 2.75) is 24.4 Å². The summed E-state index contributed by atoms with van der Waals surface area (Å²) in [4.78, 5) is 11.2. The summed E-state index contributed by atoms with van der Waals surface area (Å²) in [6, 6.07) is 15.5. The molecule has 0 aliphatic heterocycles. The second-order valence-corrected chi connectivity index (χ2v) is 6.86. The topological polar surface area (TPSA) is 73.8 Å². The van der Waals surface area contributed by atoms with Crippen molar-refractivity contribution in [3.63, 3.8) is 0 Å². The lowest BCUT2D eigenvalue weighted by Crippen LogP contribution is -2.10. The molecule has 0 radical (unpaired) electrons. The zero-order chi connectivity index (χ0) is 18.5. The molecule has 0 saturated heterocycles. The first-order valence-corrected chi connectivity index (χ1v) is 9.19. The average molecular weight is 364 g/mol. The molecule has 0 fully saturated rings. The van der Waals surface area contributed by atoms with Crippen molar-refractivity contribution in [2.75, 3.05) is 0 Å². The minimum absolute atomic E-state index is 0.419. The van der Waals surface area contributed by atoms with Crippen LogP contribution in [0.2, 0.25) is 0 Å². The van der Waals surface area contributed by atoms with Crippen molar-refractivity contribution in [3.8, 4) is 11.4 Å². The van der Waals surface area contributed by atoms with E-state index in [0.29, 0.717) is 12.1 Å². The number of hydrogen-bond acceptors (Lipinski definition) is 4. The lowest BCUT2D eigenvalue weighted by molar-refractivity contribution is 0.100. The van der Waals surface area contributed by atoms with E-state index in [-0.39, 0.29) is 0 Å². The van der Waals surface area contributed by atoms with Gasteiger partial charge >= 0.3 is 0 Å². The number of thioether (sulfide) groups is 1. The maximum atomic E-state index is 11.2. The van der Waals surface area contributed by atoms with Gasteiger partial charge in [-0.15, -0.1) is 16.8 Å². The Morgan fingerprint density at radius 1 is 1.15 bits per heavy atom. The minimum atomic E-state index is -0.419. The third-order valence-corrected chi connectivity index (χ3v) is 4.98. The van der Waals surface area contributed by atoms with Crippen molar-refractivity contribution in [2.24, 2.45) is 5.73 Å². The number of nitrogens with two attached hydrogens (primary N) is 1. The molecular formula is C20H20N4OS. The monoisotopic (exact) mass is 364 g/mol. The van der Waals surface area contributed by atoms with Crippen LogP contribution in [0.25, 0.3) is 11.4 Å². The summed E-state index contributed by atoms with van der Waals surface area (Å²) in [6.45, 7) is 6.54. The summed E-state index contributed by atoms with van der Waals surface area (Å²) >= 11 is 1.60. The van der Waals surface area contributed by atoms with E-state index in [4.69, 9.17) is 5.73 Å². The molecule has 0 atom stereocenters. The number of aryl methyl sites for hydroxylation is 1. The van der Waals surface area contributed by atoms with E-state index >= 15 is 0 Å². The number of allylic oxidation sites excluding steroid dienone is 1. The Morgan fingerprint density at radius 3 is 2.46 bits per heavy atom. The number of aromatic nitrogens is 3. The van der Waals surface area contributed by atoms with E-state index in [0.717, 1.165) is 27.9 Å². The van der Waals surface area contributed by atoms with Crippen LogP contribution in [-0.4, -0.2) is 20.7 Å². The van der Waals surface area contributed by atoms with Gasteiger partial charge in [-0.1, -0.05) is 59.8 Å². The molecule has 132 valence electrons. The highest BCUT2D eigenvalue weighted by Crippen LogP contribution is 2.26. The number of hydrogen-bond donors (Lipinski definition) is 1. The fourth-order valence-electron chi connectivity index (χ4n) is 2.52. The second kappa shape index (κ2) is 8.01. The molecule has 6 heteroatoms. The van der Waals surface area contributed by atoms with Gasteiger partial charge in [0.05, 0.1) is 0 Å². The summed E-state index contributed by atoms with van der Waals surface area (Å²) in [6.07, 6.45) is 1.84. The third-order valence-electron chi connectivity index (χ3n) is 3.94. The van der Waals surface area contributed by atoms with E-state index in [9.17, 15) is 4.79 Å². The quantitative estimate of drug-likeness (QED) is 0.511. The number of nitrogens with zero attached hydrogens (tertiary/aromatic N) is 3. The van der Waals surface area contributed by atoms with Gasteiger partial charge in [0.25, 0.3) is 0 Å². The summed E-state index contributed by atoms with van der Waals surface area (Å²) in [5.74, 6) is 1.14. The van der Waals surface area contributed by atoms with Crippen molar-refractivity contribution in [3.05, 3.63) is 77.9 Å². The molecule has 3 aromatic rings. The molecule has 0 spiro atoms. The number of carbonyl (C=O) groups excluding carboxylic acids is 1. The molecule has 5 nitrogen and oxygen atoms in total. The highest BCUT2D eigenvalue weighted by atomic mass is 32.2. The third kappa shape index (κ3) is 4.03. The van der Waals surface area contributed by atoms with E-state index in [1.165, 1.54) is 5.56 Å². The second-order valence-electron chi connectivity index (χ2n) is 5.92. The van der Waals surface area contributed by atoms with Crippen LogP contribution in [0.15, 0.2) is 66.3 Å². The molecule has 0 aliphatic rings. The Hall–Kier alpha value is -2.86. The van der Waals surface area contributed by atoms with Gasteiger partial charge in [-0.05, 0) is 24.6 Å². The predicted molar refractivity (Wildman–Crippen MR) is 105 cm³/mol. The lowest BCUT2D eigenvalue weighted by Gasteiger charge is -2.08. The molecule has 0 saturated carbocycles. The molecule has 26 heavy (non-hydrogen) atoms. The lowest BCUT2D eigenvalue weighted by atomic mass is 10.1. The van der Waals surface area contributed by atoms with Gasteiger partial charge in [0.2, 0.25) is 5.91 Å². The maximum absolute atomic E-state index is 11.2. The fraction of sp³-hybridized carbons (Fsp3) is 0.150. The number of carbonyl (C=O) groups is 1. The van der Waals surface area contributed by atoms with Gasteiger partial charge in [0.1, 0.15) is 0 Å². The van der Waals surface area contributed by atoms with Crippen LogP contribution in [0.3, 0.4) is 0 Å². The summed E-state index contributed by atoms with van der Waals surface area (Å²) in [5, 5.41) is 9.55. The Morgan fingerprint density at radius 2 is 1.85 bits per heavy atom. The molecule has 2 aromatic carbocycles. The SMILES string of the molecule is C=CCn1c(SCc2ccc(C(N)=O)cc2)nnc1-c1ccc(C)cc1. The van der Waals surface area contributed by atoms with Crippen LogP contribution < -0.4 is 5.73 Å². The number of primary amides is 1. The van der Waals surface area contributed by atoms with E-state index < -0.39 is 5.91 Å². The number of benzene rings is 2. The Balaban J connectivity index is 1.80. The Kier molecular flexibility index (Phi) is 5.53. The maximum Gasteiger partial charge on any atom is 0.248 e. The van der Waals surface area contributed by atoms with Crippen LogP contribution in [0, 0.1) is 6.92 Å². The molecular weight excluding hydrogens is 344 g/mol. The number of rotatable bonds is 7. The molecule has 0 bridgehead atoms. The Labute approximate surface area is 156 Å². The normalized spacial score (nSPS) is 10.7. The van der Waals surface area contributed by atoms with E-state index in [1.807, 2.05) is 18.2 Å². The highest BCUT2D eigenvalue weighted by molar-refractivity contribution is 7.98. The Bertz CT molecular complexity index is 914. The van der Waals surface area contributed by atoms with Gasteiger partial charge in [-0.2, -0.15) is 0 Å². The fourth-order valence-corrected chi connectivity index (χ4v) is 3.42. The molecule has 1 aromatic heterocycles. The van der Waals surface area contributed by atoms with Crippen LogP contribution in [0.4, 0.5) is 0 Å². The molecule has 1 amide bonds. The largest absolute Gasteiger partial charge is 0.366 e. The minimum Gasteiger partial charge on any atom is -0.366 e. The van der Waals surface area contributed by atoms with Crippen molar-refractivity contribution >= 4 is 17.7 Å². The standard InChI is InChI=1S/C20H20N4OS/c1-3-12-24-19(17-8-4-14(2)5-9-17)22-23-20(24)26-13-15-6-10-16(11-7-15)18(21)25/h3-11H,1,12-13H2,2H3,(H2,21,25). The molecule has 2 N–H and O–H groups in total. The molecule has 0 aliphatic carbocycles. The summed E-state index contributed by atoms with van der Waals surface area (Å²) in [7, 11) is 0. The van der Waals surface area contributed by atoms with Gasteiger partial charge < -0.3 is 5.73 Å². The van der Waals surface area contributed by atoms with Crippen LogP contribution in [0.5, 0.6) is 0 Å². The first-order valence-electron chi connectivity index (χ1n) is 8.21. The van der Waals surface area contributed by atoms with Crippen LogP contribution >= 0.6 is 11.8 Å². The van der Waals surface area contributed by atoms with E-state index in [1.54, 1.807) is 23.9 Å². The summed E-state index contributed by atoms with van der Waals surface area (Å²) < 4.78 is 2.06. The van der Waals surface area contributed by atoms with Crippen LogP contribution in [-0.2, 0) is 12.3 Å². The van der Waals surface area contributed by atoms with Crippen molar-refractivity contribution in [1.82, 2.24) is 14.8 Å². The van der Waals surface area contributed by atoms with Crippen molar-refractivity contribution in [1.29, 1.82) is 0 Å². The zero-order valence-corrected chi connectivity index (χ0v) is 15.4. The zero-order valence-electron chi connectivity index (χ0n) is 14.6. The average Bonchev–Trinajstić information content (AvgIpc) is 3.04. The van der Waals surface area contributed by atoms with Gasteiger partial charge in [-0.3, -0.25) is 9.36 Å². The highest BCUT2D eigenvalue weighted by Gasteiger charge is 2.13. The predicted octanol–water partition coefficient (Wildman–Crippen LogP) is 3.83. The number of amides is 1. The van der Waals surface area contributed by atoms with Crippen LogP contribution in [0.1, 0.15) is 21.5 Å². The first kappa shape index (κ1) is 17.9. The van der Waals surface area contributed by atoms with Crippen molar-refractivity contribution < 1.29 is 4.79 Å². The van der Waals surface area contributed by atoms with Gasteiger partial charge in [0, 0.05) is 23.4 Å². The van der Waals surface area contributed by atoms with E-state index in [2.05, 4.69) is 52.5 Å². The molecule has 0 unspecified atom stereocenters. The van der Waals surface area contributed by atoms with Gasteiger partial charge in [-0.25, -0.2) is 0 Å². The molecule has 3 rings (SSSR count). The summed E-state index contributed by atoms with van der Waals surface area (Å²) in [5.41, 5.74) is 9.11.